The number of nitrogens with two attached hydrogens (primary N) is 1. The Morgan fingerprint density at radius 1 is 1.05 bits per heavy atom. The van der Waals surface area contributed by atoms with Gasteiger partial charge in [-0.05, 0) is 45.2 Å². The standard InChI is InChI=1S/C20H23N/c1-20(2,3)16-10-11-18(15(12-16)13-21)19-9-5-7-14-6-4-8-17(14)19/h4-5,7-12H,6,13,21H2,1-3H3. The van der Waals surface area contributed by atoms with E-state index in [1.165, 1.54) is 33.4 Å². The van der Waals surface area contributed by atoms with E-state index in [1.54, 1.807) is 0 Å². The molecule has 0 saturated heterocycles. The predicted molar refractivity (Wildman–Crippen MR) is 91.2 cm³/mol. The van der Waals surface area contributed by atoms with Gasteiger partial charge in [-0.1, -0.05) is 69.3 Å². The Morgan fingerprint density at radius 2 is 1.86 bits per heavy atom. The summed E-state index contributed by atoms with van der Waals surface area (Å²) in [4.78, 5) is 0. The molecule has 0 amide bonds. The van der Waals surface area contributed by atoms with Crippen molar-refractivity contribution in [3.05, 3.63) is 64.7 Å². The molecule has 1 aliphatic rings. The van der Waals surface area contributed by atoms with E-state index in [0.717, 1.165) is 6.42 Å². The zero-order chi connectivity index (χ0) is 15.0. The monoisotopic (exact) mass is 277 g/mol. The molecule has 2 aromatic rings. The van der Waals surface area contributed by atoms with Gasteiger partial charge < -0.3 is 5.73 Å². The highest BCUT2D eigenvalue weighted by molar-refractivity contribution is 5.81. The third kappa shape index (κ3) is 2.54. The van der Waals surface area contributed by atoms with Crippen LogP contribution in [-0.2, 0) is 18.4 Å². The summed E-state index contributed by atoms with van der Waals surface area (Å²) in [7, 11) is 0. The highest BCUT2D eigenvalue weighted by Crippen LogP contribution is 2.35. The van der Waals surface area contributed by atoms with Crippen molar-refractivity contribution < 1.29 is 0 Å². The SMILES string of the molecule is CC(C)(C)c1ccc(-c2cccc3c2C=CC3)c(CN)c1. The molecule has 0 unspecified atom stereocenters. The van der Waals surface area contributed by atoms with Gasteiger partial charge in [0.15, 0.2) is 0 Å². The van der Waals surface area contributed by atoms with Crippen LogP contribution in [0.3, 0.4) is 0 Å². The van der Waals surface area contributed by atoms with E-state index in [-0.39, 0.29) is 5.41 Å². The van der Waals surface area contributed by atoms with Crippen molar-refractivity contribution in [1.82, 2.24) is 0 Å². The van der Waals surface area contributed by atoms with Crippen LogP contribution in [0.5, 0.6) is 0 Å². The van der Waals surface area contributed by atoms with Crippen LogP contribution in [0.4, 0.5) is 0 Å². The molecule has 0 radical (unpaired) electrons. The summed E-state index contributed by atoms with van der Waals surface area (Å²) in [5, 5.41) is 0. The van der Waals surface area contributed by atoms with Crippen LogP contribution in [-0.4, -0.2) is 0 Å². The minimum atomic E-state index is 0.154. The van der Waals surface area contributed by atoms with Gasteiger partial charge in [0.2, 0.25) is 0 Å². The summed E-state index contributed by atoms with van der Waals surface area (Å²) in [6.07, 6.45) is 5.52. The van der Waals surface area contributed by atoms with E-state index in [9.17, 15) is 0 Å². The fraction of sp³-hybridized carbons (Fsp3) is 0.300. The van der Waals surface area contributed by atoms with E-state index >= 15 is 0 Å². The van der Waals surface area contributed by atoms with Crippen LogP contribution in [0.2, 0.25) is 0 Å². The number of allylic oxidation sites excluding steroid dienone is 1. The third-order valence-electron chi connectivity index (χ3n) is 4.30. The Labute approximate surface area is 127 Å². The molecule has 2 aromatic carbocycles. The maximum absolute atomic E-state index is 6.03. The first kappa shape index (κ1) is 14.1. The first-order valence-electron chi connectivity index (χ1n) is 7.63. The largest absolute Gasteiger partial charge is 0.326 e. The quantitative estimate of drug-likeness (QED) is 0.847. The molecule has 21 heavy (non-hydrogen) atoms. The van der Waals surface area contributed by atoms with E-state index in [4.69, 9.17) is 5.73 Å². The number of hydrogen-bond acceptors (Lipinski definition) is 1. The first-order valence-corrected chi connectivity index (χ1v) is 7.63. The molecular weight excluding hydrogens is 254 g/mol. The molecule has 0 heterocycles. The summed E-state index contributed by atoms with van der Waals surface area (Å²) in [6.45, 7) is 7.30. The summed E-state index contributed by atoms with van der Waals surface area (Å²) in [5.41, 5.74) is 14.1. The molecule has 1 aliphatic carbocycles. The van der Waals surface area contributed by atoms with E-state index in [2.05, 4.69) is 69.3 Å². The van der Waals surface area contributed by atoms with Gasteiger partial charge in [0.25, 0.3) is 0 Å². The van der Waals surface area contributed by atoms with E-state index < -0.39 is 0 Å². The minimum absolute atomic E-state index is 0.154. The van der Waals surface area contributed by atoms with Crippen molar-refractivity contribution in [2.45, 2.75) is 39.2 Å². The Morgan fingerprint density at radius 3 is 2.57 bits per heavy atom. The Bertz CT molecular complexity index is 702. The molecule has 0 spiro atoms. The van der Waals surface area contributed by atoms with Crippen molar-refractivity contribution in [1.29, 1.82) is 0 Å². The minimum Gasteiger partial charge on any atom is -0.326 e. The molecule has 1 nitrogen and oxygen atoms in total. The van der Waals surface area contributed by atoms with E-state index in [1.807, 2.05) is 0 Å². The number of benzene rings is 2. The fourth-order valence-corrected chi connectivity index (χ4v) is 3.02. The van der Waals surface area contributed by atoms with Crippen LogP contribution < -0.4 is 5.73 Å². The Hall–Kier alpha value is -1.86. The molecule has 0 saturated carbocycles. The predicted octanol–water partition coefficient (Wildman–Crippen LogP) is 4.68. The number of hydrogen-bond donors (Lipinski definition) is 1. The maximum atomic E-state index is 6.03. The lowest BCUT2D eigenvalue weighted by Crippen LogP contribution is -2.12. The first-order chi connectivity index (χ1) is 10.0. The topological polar surface area (TPSA) is 26.0 Å². The fourth-order valence-electron chi connectivity index (χ4n) is 3.02. The molecular formula is C20H23N. The van der Waals surface area contributed by atoms with Crippen LogP contribution >= 0.6 is 0 Å². The second-order valence-electron chi connectivity index (χ2n) is 6.81. The lowest BCUT2D eigenvalue weighted by Gasteiger charge is -2.22. The lowest BCUT2D eigenvalue weighted by atomic mass is 9.83. The molecule has 0 aliphatic heterocycles. The van der Waals surface area contributed by atoms with Crippen LogP contribution in [0.25, 0.3) is 17.2 Å². The van der Waals surface area contributed by atoms with Gasteiger partial charge in [-0.2, -0.15) is 0 Å². The average Bonchev–Trinajstić information content (AvgIpc) is 2.94. The summed E-state index contributed by atoms with van der Waals surface area (Å²) in [5.74, 6) is 0. The summed E-state index contributed by atoms with van der Waals surface area (Å²) < 4.78 is 0. The zero-order valence-corrected chi connectivity index (χ0v) is 13.1. The van der Waals surface area contributed by atoms with Crippen molar-refractivity contribution in [2.24, 2.45) is 5.73 Å². The molecule has 3 rings (SSSR count). The number of fused-ring (bicyclic) bond motifs is 1. The summed E-state index contributed by atoms with van der Waals surface area (Å²) >= 11 is 0. The Balaban J connectivity index is 2.16. The van der Waals surface area contributed by atoms with E-state index in [0.29, 0.717) is 6.54 Å². The molecule has 0 atom stereocenters. The van der Waals surface area contributed by atoms with Gasteiger partial charge in [0.05, 0.1) is 0 Å². The highest BCUT2D eigenvalue weighted by atomic mass is 14.5. The lowest BCUT2D eigenvalue weighted by molar-refractivity contribution is 0.589. The van der Waals surface area contributed by atoms with Gasteiger partial charge in [0, 0.05) is 6.54 Å². The maximum Gasteiger partial charge on any atom is 0.0184 e. The van der Waals surface area contributed by atoms with Gasteiger partial charge in [-0.15, -0.1) is 0 Å². The van der Waals surface area contributed by atoms with Gasteiger partial charge in [-0.3, -0.25) is 0 Å². The average molecular weight is 277 g/mol. The number of rotatable bonds is 2. The van der Waals surface area contributed by atoms with Gasteiger partial charge >= 0.3 is 0 Å². The van der Waals surface area contributed by atoms with Gasteiger partial charge in [0.1, 0.15) is 0 Å². The third-order valence-corrected chi connectivity index (χ3v) is 4.30. The normalized spacial score (nSPS) is 13.5. The molecule has 108 valence electrons. The zero-order valence-electron chi connectivity index (χ0n) is 13.1. The van der Waals surface area contributed by atoms with Crippen LogP contribution in [0, 0.1) is 0 Å². The van der Waals surface area contributed by atoms with Crippen molar-refractivity contribution >= 4 is 6.08 Å². The van der Waals surface area contributed by atoms with Crippen molar-refractivity contribution in [2.75, 3.05) is 0 Å². The second kappa shape index (κ2) is 5.16. The smallest absolute Gasteiger partial charge is 0.0184 e. The Kier molecular flexibility index (Phi) is 3.46. The van der Waals surface area contributed by atoms with Crippen molar-refractivity contribution in [3.8, 4) is 11.1 Å². The molecule has 0 aromatic heterocycles. The highest BCUT2D eigenvalue weighted by Gasteiger charge is 2.17. The van der Waals surface area contributed by atoms with Crippen LogP contribution in [0.1, 0.15) is 43.0 Å². The second-order valence-corrected chi connectivity index (χ2v) is 6.81. The molecule has 0 bridgehead atoms. The summed E-state index contributed by atoms with van der Waals surface area (Å²) in [6, 6.07) is 13.3. The molecule has 1 heteroatoms. The molecule has 2 N–H and O–H groups in total. The van der Waals surface area contributed by atoms with Crippen LogP contribution in [0.15, 0.2) is 42.5 Å². The van der Waals surface area contributed by atoms with Gasteiger partial charge in [-0.25, -0.2) is 0 Å². The molecule has 0 fully saturated rings. The van der Waals surface area contributed by atoms with Crippen molar-refractivity contribution in [3.63, 3.8) is 0 Å².